The van der Waals surface area contributed by atoms with Gasteiger partial charge in [-0.25, -0.2) is 0 Å². The summed E-state index contributed by atoms with van der Waals surface area (Å²) in [5.74, 6) is 0.529. The van der Waals surface area contributed by atoms with Gasteiger partial charge >= 0.3 is 0 Å². The van der Waals surface area contributed by atoms with E-state index in [-0.39, 0.29) is 0 Å². The number of aromatic nitrogens is 3. The summed E-state index contributed by atoms with van der Waals surface area (Å²) in [4.78, 5) is 4.03. The molecule has 4 nitrogen and oxygen atoms in total. The minimum absolute atomic E-state index is 0.529. The van der Waals surface area contributed by atoms with Crippen LogP contribution in [0.4, 0.5) is 5.82 Å². The fraction of sp³-hybridized carbons (Fsp3) is 0.273. The third-order valence-electron chi connectivity index (χ3n) is 1.86. The van der Waals surface area contributed by atoms with Crippen LogP contribution in [0.5, 0.6) is 0 Å². The Morgan fingerprint density at radius 3 is 2.53 bits per heavy atom. The molecule has 2 aromatic rings. The number of rotatable bonds is 1. The van der Waals surface area contributed by atoms with Crippen molar-refractivity contribution < 1.29 is 0 Å². The smallest absolute Gasteiger partial charge is 0.146 e. The van der Waals surface area contributed by atoms with Crippen molar-refractivity contribution in [2.45, 2.75) is 13.8 Å². The van der Waals surface area contributed by atoms with Gasteiger partial charge in [0, 0.05) is 31.1 Å². The lowest BCUT2D eigenvalue weighted by molar-refractivity contribution is 0.780. The Hall–Kier alpha value is -1.84. The average molecular weight is 204 g/mol. The minimum atomic E-state index is 0.529. The molecule has 0 aliphatic rings. The van der Waals surface area contributed by atoms with Crippen LogP contribution < -0.4 is 5.73 Å². The van der Waals surface area contributed by atoms with Crippen LogP contribution in [0, 0.1) is 0 Å². The minimum Gasteiger partial charge on any atom is -0.382 e. The van der Waals surface area contributed by atoms with Crippen LogP contribution in [-0.2, 0) is 7.05 Å². The van der Waals surface area contributed by atoms with Crippen molar-refractivity contribution in [2.24, 2.45) is 7.05 Å². The zero-order chi connectivity index (χ0) is 11.3. The normalized spacial score (nSPS) is 9.27. The molecule has 0 radical (unpaired) electrons. The lowest BCUT2D eigenvalue weighted by Gasteiger charge is -1.98. The summed E-state index contributed by atoms with van der Waals surface area (Å²) >= 11 is 0. The van der Waals surface area contributed by atoms with Gasteiger partial charge in [0.15, 0.2) is 0 Å². The molecule has 80 valence electrons. The average Bonchev–Trinajstić information content (AvgIpc) is 2.62. The highest BCUT2D eigenvalue weighted by Gasteiger charge is 2.03. The topological polar surface area (TPSA) is 56.7 Å². The highest BCUT2D eigenvalue weighted by Crippen LogP contribution is 2.18. The molecule has 2 aromatic heterocycles. The molecule has 0 saturated heterocycles. The number of pyridine rings is 1. The Morgan fingerprint density at radius 2 is 2.07 bits per heavy atom. The molecule has 0 unspecified atom stereocenters. The monoisotopic (exact) mass is 204 g/mol. The lowest BCUT2D eigenvalue weighted by Crippen LogP contribution is -1.94. The van der Waals surface area contributed by atoms with Crippen LogP contribution in [0.1, 0.15) is 13.8 Å². The van der Waals surface area contributed by atoms with Crippen molar-refractivity contribution in [3.8, 4) is 11.3 Å². The van der Waals surface area contributed by atoms with Gasteiger partial charge in [-0.05, 0) is 12.1 Å². The molecule has 0 aliphatic carbocycles. The molecule has 0 amide bonds. The number of anilines is 1. The van der Waals surface area contributed by atoms with E-state index in [1.807, 2.05) is 39.1 Å². The Morgan fingerprint density at radius 1 is 1.33 bits per heavy atom. The van der Waals surface area contributed by atoms with Crippen molar-refractivity contribution >= 4 is 5.82 Å². The number of nitrogens with two attached hydrogens (primary N) is 1. The zero-order valence-electron chi connectivity index (χ0n) is 9.31. The van der Waals surface area contributed by atoms with Crippen molar-refractivity contribution in [2.75, 3.05) is 5.73 Å². The molecule has 0 saturated carbocycles. The molecule has 0 fully saturated rings. The summed E-state index contributed by atoms with van der Waals surface area (Å²) in [6.45, 7) is 4.00. The van der Waals surface area contributed by atoms with E-state index in [9.17, 15) is 0 Å². The number of nitrogens with zero attached hydrogens (tertiary/aromatic N) is 3. The zero-order valence-corrected chi connectivity index (χ0v) is 9.31. The largest absolute Gasteiger partial charge is 0.382 e. The molecule has 0 bridgehead atoms. The fourth-order valence-electron chi connectivity index (χ4n) is 1.27. The van der Waals surface area contributed by atoms with E-state index in [0.29, 0.717) is 5.82 Å². The Labute approximate surface area is 89.8 Å². The lowest BCUT2D eigenvalue weighted by atomic mass is 10.2. The van der Waals surface area contributed by atoms with Crippen molar-refractivity contribution in [1.29, 1.82) is 0 Å². The SMILES string of the molecule is CC.Cn1nc(N)cc1-c1cccnc1. The Bertz CT molecular complexity index is 406. The highest BCUT2D eigenvalue weighted by atomic mass is 15.3. The van der Waals surface area contributed by atoms with Gasteiger partial charge in [-0.2, -0.15) is 5.10 Å². The second-order valence-corrected chi connectivity index (χ2v) is 2.82. The molecule has 15 heavy (non-hydrogen) atoms. The summed E-state index contributed by atoms with van der Waals surface area (Å²) in [5.41, 5.74) is 7.56. The Balaban J connectivity index is 0.000000531. The maximum atomic E-state index is 5.56. The molecule has 0 aromatic carbocycles. The first-order chi connectivity index (χ1) is 7.27. The third-order valence-corrected chi connectivity index (χ3v) is 1.86. The summed E-state index contributed by atoms with van der Waals surface area (Å²) in [6, 6.07) is 5.69. The van der Waals surface area contributed by atoms with E-state index in [4.69, 9.17) is 5.73 Å². The molecule has 0 spiro atoms. The number of hydrogen-bond acceptors (Lipinski definition) is 3. The van der Waals surface area contributed by atoms with E-state index in [1.54, 1.807) is 17.1 Å². The molecule has 4 heteroatoms. The first kappa shape index (κ1) is 11.2. The molecule has 2 rings (SSSR count). The van der Waals surface area contributed by atoms with Crippen molar-refractivity contribution in [3.63, 3.8) is 0 Å². The van der Waals surface area contributed by atoms with Crippen molar-refractivity contribution in [3.05, 3.63) is 30.6 Å². The van der Waals surface area contributed by atoms with Crippen LogP contribution >= 0.6 is 0 Å². The maximum Gasteiger partial charge on any atom is 0.146 e. The number of hydrogen-bond donors (Lipinski definition) is 1. The van der Waals surface area contributed by atoms with Gasteiger partial charge in [0.05, 0.1) is 5.69 Å². The molecule has 2 N–H and O–H groups in total. The first-order valence-corrected chi connectivity index (χ1v) is 4.97. The predicted octanol–water partition coefficient (Wildman–Crippen LogP) is 2.09. The van der Waals surface area contributed by atoms with Gasteiger partial charge < -0.3 is 5.73 Å². The van der Waals surface area contributed by atoms with E-state index in [1.165, 1.54) is 0 Å². The predicted molar refractivity (Wildman–Crippen MR) is 62.2 cm³/mol. The summed E-state index contributed by atoms with van der Waals surface area (Å²) < 4.78 is 1.74. The van der Waals surface area contributed by atoms with Crippen LogP contribution in [0.15, 0.2) is 30.6 Å². The third kappa shape index (κ3) is 2.56. The number of nitrogen functional groups attached to an aromatic ring is 1. The summed E-state index contributed by atoms with van der Waals surface area (Å²) in [6.07, 6.45) is 3.53. The van der Waals surface area contributed by atoms with Crippen molar-refractivity contribution in [1.82, 2.24) is 14.8 Å². The standard InChI is InChI=1S/C9H10N4.C2H6/c1-13-8(5-9(10)12-13)7-3-2-4-11-6-7;1-2/h2-6H,1H3,(H2,10,12);1-2H3. The van der Waals surface area contributed by atoms with Crippen LogP contribution in [0.25, 0.3) is 11.3 Å². The van der Waals surface area contributed by atoms with Gasteiger partial charge in [0.25, 0.3) is 0 Å². The second kappa shape index (κ2) is 5.14. The molecule has 0 atom stereocenters. The second-order valence-electron chi connectivity index (χ2n) is 2.82. The fourth-order valence-corrected chi connectivity index (χ4v) is 1.27. The maximum absolute atomic E-state index is 5.56. The van der Waals surface area contributed by atoms with Gasteiger partial charge in [-0.15, -0.1) is 0 Å². The summed E-state index contributed by atoms with van der Waals surface area (Å²) in [7, 11) is 1.86. The first-order valence-electron chi connectivity index (χ1n) is 4.97. The quantitative estimate of drug-likeness (QED) is 0.773. The highest BCUT2D eigenvalue weighted by molar-refractivity contribution is 5.61. The molecular formula is C11H16N4. The van der Waals surface area contributed by atoms with Crippen LogP contribution in [0.3, 0.4) is 0 Å². The van der Waals surface area contributed by atoms with E-state index in [2.05, 4.69) is 10.1 Å². The van der Waals surface area contributed by atoms with Crippen LogP contribution in [0.2, 0.25) is 0 Å². The van der Waals surface area contributed by atoms with E-state index >= 15 is 0 Å². The molecular weight excluding hydrogens is 188 g/mol. The summed E-state index contributed by atoms with van der Waals surface area (Å²) in [5, 5.41) is 4.05. The van der Waals surface area contributed by atoms with Gasteiger partial charge in [-0.3, -0.25) is 9.67 Å². The van der Waals surface area contributed by atoms with E-state index < -0.39 is 0 Å². The van der Waals surface area contributed by atoms with E-state index in [0.717, 1.165) is 11.3 Å². The molecule has 2 heterocycles. The van der Waals surface area contributed by atoms with Crippen LogP contribution in [-0.4, -0.2) is 14.8 Å². The Kier molecular flexibility index (Phi) is 3.85. The molecule has 0 aliphatic heterocycles. The van der Waals surface area contributed by atoms with Gasteiger partial charge in [0.2, 0.25) is 0 Å². The van der Waals surface area contributed by atoms with Gasteiger partial charge in [0.1, 0.15) is 5.82 Å². The number of aryl methyl sites for hydroxylation is 1. The van der Waals surface area contributed by atoms with Gasteiger partial charge in [-0.1, -0.05) is 13.8 Å².